The molecular formula is C19H19N7O. The summed E-state index contributed by atoms with van der Waals surface area (Å²) in [4.78, 5) is 15.6. The highest BCUT2D eigenvalue weighted by atomic mass is 16.5. The van der Waals surface area contributed by atoms with Crippen LogP contribution < -0.4 is 10.6 Å². The molecule has 1 fully saturated rings. The van der Waals surface area contributed by atoms with Gasteiger partial charge in [0.05, 0.1) is 25.1 Å². The van der Waals surface area contributed by atoms with Crippen molar-refractivity contribution in [1.29, 1.82) is 0 Å². The highest BCUT2D eigenvalue weighted by Crippen LogP contribution is 2.28. The molecule has 0 bridgehead atoms. The maximum Gasteiger partial charge on any atom is 0.184 e. The molecule has 1 saturated heterocycles. The zero-order valence-corrected chi connectivity index (χ0v) is 15.0. The molecule has 0 radical (unpaired) electrons. The summed E-state index contributed by atoms with van der Waals surface area (Å²) in [5.41, 5.74) is 9.56. The Labute approximate surface area is 155 Å². The van der Waals surface area contributed by atoms with Crippen molar-refractivity contribution in [1.82, 2.24) is 24.6 Å². The maximum atomic E-state index is 5.91. The molecule has 5 heterocycles. The molecule has 4 aromatic rings. The SMILES string of the molecule is Cc1ncc(-c2nc3ccc(N4CCOCC4)cn3n2)c2cc(N)ncc12. The van der Waals surface area contributed by atoms with Crippen molar-refractivity contribution in [3.8, 4) is 11.4 Å². The predicted molar refractivity (Wildman–Crippen MR) is 104 cm³/mol. The number of hydrogen-bond donors (Lipinski definition) is 1. The first-order valence-corrected chi connectivity index (χ1v) is 8.89. The minimum Gasteiger partial charge on any atom is -0.384 e. The van der Waals surface area contributed by atoms with Crippen molar-refractivity contribution in [2.24, 2.45) is 0 Å². The lowest BCUT2D eigenvalue weighted by atomic mass is 10.1. The number of nitrogens with two attached hydrogens (primary N) is 1. The summed E-state index contributed by atoms with van der Waals surface area (Å²) in [7, 11) is 0. The molecule has 4 aromatic heterocycles. The quantitative estimate of drug-likeness (QED) is 0.584. The number of morpholine rings is 1. The van der Waals surface area contributed by atoms with Crippen LogP contribution in [0.15, 0.2) is 36.8 Å². The standard InChI is InChI=1S/C19H19N7O/c1-12-15-9-22-17(20)8-14(15)16(10-21-12)19-23-18-3-2-13(11-26(18)24-19)25-4-6-27-7-5-25/h2-3,8-11H,4-7H2,1H3,(H2,20,22). The van der Waals surface area contributed by atoms with Gasteiger partial charge < -0.3 is 15.4 Å². The monoisotopic (exact) mass is 361 g/mol. The van der Waals surface area contributed by atoms with Gasteiger partial charge in [0, 0.05) is 47.5 Å². The summed E-state index contributed by atoms with van der Waals surface area (Å²) in [6.45, 7) is 5.21. The maximum absolute atomic E-state index is 5.91. The zero-order chi connectivity index (χ0) is 18.4. The van der Waals surface area contributed by atoms with E-state index in [1.54, 1.807) is 12.4 Å². The van der Waals surface area contributed by atoms with E-state index in [0.717, 1.165) is 59.7 Å². The van der Waals surface area contributed by atoms with Gasteiger partial charge in [0.2, 0.25) is 0 Å². The normalized spacial score (nSPS) is 14.9. The van der Waals surface area contributed by atoms with E-state index < -0.39 is 0 Å². The Hall–Kier alpha value is -3.26. The molecule has 0 amide bonds. The van der Waals surface area contributed by atoms with Crippen molar-refractivity contribution in [3.63, 3.8) is 0 Å². The van der Waals surface area contributed by atoms with Crippen LogP contribution in [0.5, 0.6) is 0 Å². The second-order valence-electron chi connectivity index (χ2n) is 6.64. The largest absolute Gasteiger partial charge is 0.384 e. The van der Waals surface area contributed by atoms with Gasteiger partial charge in [-0.15, -0.1) is 5.10 Å². The van der Waals surface area contributed by atoms with Crippen LogP contribution in [0.25, 0.3) is 27.8 Å². The molecule has 0 spiro atoms. The van der Waals surface area contributed by atoms with Crippen LogP contribution in [-0.4, -0.2) is 50.9 Å². The summed E-state index contributed by atoms with van der Waals surface area (Å²) >= 11 is 0. The molecule has 0 saturated carbocycles. The van der Waals surface area contributed by atoms with Gasteiger partial charge in [-0.1, -0.05) is 0 Å². The number of fused-ring (bicyclic) bond motifs is 2. The minimum atomic E-state index is 0.465. The third-order valence-corrected chi connectivity index (χ3v) is 4.92. The van der Waals surface area contributed by atoms with Crippen molar-refractivity contribution >= 4 is 27.9 Å². The number of aromatic nitrogens is 5. The molecular weight excluding hydrogens is 342 g/mol. The molecule has 1 aliphatic rings. The van der Waals surface area contributed by atoms with Crippen molar-refractivity contribution in [2.75, 3.05) is 36.9 Å². The van der Waals surface area contributed by atoms with Gasteiger partial charge in [-0.3, -0.25) is 4.98 Å². The third-order valence-electron chi connectivity index (χ3n) is 4.92. The van der Waals surface area contributed by atoms with E-state index in [1.807, 2.05) is 29.8 Å². The topological polar surface area (TPSA) is 94.5 Å². The Morgan fingerprint density at radius 2 is 1.93 bits per heavy atom. The lowest BCUT2D eigenvalue weighted by molar-refractivity contribution is 0.122. The second-order valence-corrected chi connectivity index (χ2v) is 6.64. The van der Waals surface area contributed by atoms with E-state index in [-0.39, 0.29) is 0 Å². The smallest absolute Gasteiger partial charge is 0.184 e. The first-order chi connectivity index (χ1) is 13.2. The van der Waals surface area contributed by atoms with Crippen LogP contribution in [0.2, 0.25) is 0 Å². The molecule has 8 nitrogen and oxygen atoms in total. The van der Waals surface area contributed by atoms with E-state index in [4.69, 9.17) is 15.6 Å². The Balaban J connectivity index is 1.62. The van der Waals surface area contributed by atoms with Gasteiger partial charge >= 0.3 is 0 Å². The number of nitrogens with zero attached hydrogens (tertiary/aromatic N) is 6. The van der Waals surface area contributed by atoms with E-state index in [0.29, 0.717) is 11.6 Å². The molecule has 5 rings (SSSR count). The molecule has 0 aromatic carbocycles. The number of pyridine rings is 3. The molecule has 0 unspecified atom stereocenters. The Bertz CT molecular complexity index is 1150. The van der Waals surface area contributed by atoms with Crippen LogP contribution in [0.3, 0.4) is 0 Å². The Kier molecular flexibility index (Phi) is 3.64. The number of rotatable bonds is 2. The number of anilines is 2. The van der Waals surface area contributed by atoms with E-state index >= 15 is 0 Å². The summed E-state index contributed by atoms with van der Waals surface area (Å²) in [5, 5.41) is 6.61. The average Bonchev–Trinajstić information content (AvgIpc) is 3.11. The average molecular weight is 361 g/mol. The highest BCUT2D eigenvalue weighted by Gasteiger charge is 2.15. The van der Waals surface area contributed by atoms with Gasteiger partial charge in [0.25, 0.3) is 0 Å². The number of hydrogen-bond acceptors (Lipinski definition) is 7. The van der Waals surface area contributed by atoms with Crippen LogP contribution in [0.4, 0.5) is 11.5 Å². The highest BCUT2D eigenvalue weighted by molar-refractivity contribution is 5.96. The fourth-order valence-corrected chi connectivity index (χ4v) is 3.46. The summed E-state index contributed by atoms with van der Waals surface area (Å²) in [6.07, 6.45) is 5.56. The number of nitrogen functional groups attached to an aromatic ring is 1. The molecule has 27 heavy (non-hydrogen) atoms. The molecule has 136 valence electrons. The third kappa shape index (κ3) is 2.74. The first kappa shape index (κ1) is 16.0. The van der Waals surface area contributed by atoms with E-state index in [1.165, 1.54) is 0 Å². The number of aryl methyl sites for hydroxylation is 1. The van der Waals surface area contributed by atoms with Gasteiger partial charge in [0.15, 0.2) is 11.5 Å². The molecule has 0 aliphatic carbocycles. The minimum absolute atomic E-state index is 0.465. The van der Waals surface area contributed by atoms with Gasteiger partial charge in [-0.2, -0.15) is 0 Å². The fraction of sp³-hybridized carbons (Fsp3) is 0.263. The molecule has 2 N–H and O–H groups in total. The van der Waals surface area contributed by atoms with Crippen LogP contribution in [0, 0.1) is 6.92 Å². The van der Waals surface area contributed by atoms with E-state index in [9.17, 15) is 0 Å². The van der Waals surface area contributed by atoms with Crippen LogP contribution in [0.1, 0.15) is 5.69 Å². The Morgan fingerprint density at radius 1 is 1.07 bits per heavy atom. The van der Waals surface area contributed by atoms with Crippen LogP contribution >= 0.6 is 0 Å². The molecule has 0 atom stereocenters. The second kappa shape index (κ2) is 6.17. The Morgan fingerprint density at radius 3 is 2.78 bits per heavy atom. The van der Waals surface area contributed by atoms with E-state index in [2.05, 4.69) is 25.9 Å². The first-order valence-electron chi connectivity index (χ1n) is 8.89. The lowest BCUT2D eigenvalue weighted by Gasteiger charge is -2.28. The van der Waals surface area contributed by atoms with Crippen molar-refractivity contribution in [2.45, 2.75) is 6.92 Å². The van der Waals surface area contributed by atoms with Crippen LogP contribution in [-0.2, 0) is 4.74 Å². The molecule has 1 aliphatic heterocycles. The lowest BCUT2D eigenvalue weighted by Crippen LogP contribution is -2.36. The zero-order valence-electron chi connectivity index (χ0n) is 15.0. The molecule has 8 heteroatoms. The summed E-state index contributed by atoms with van der Waals surface area (Å²) in [6, 6.07) is 5.91. The number of ether oxygens (including phenoxy) is 1. The predicted octanol–water partition coefficient (Wildman–Crippen LogP) is 2.07. The van der Waals surface area contributed by atoms with Gasteiger partial charge in [-0.25, -0.2) is 14.5 Å². The van der Waals surface area contributed by atoms with Gasteiger partial charge in [-0.05, 0) is 25.1 Å². The fourth-order valence-electron chi connectivity index (χ4n) is 3.46. The summed E-state index contributed by atoms with van der Waals surface area (Å²) in [5.74, 6) is 1.09. The van der Waals surface area contributed by atoms with Crippen molar-refractivity contribution < 1.29 is 4.74 Å². The van der Waals surface area contributed by atoms with Crippen molar-refractivity contribution in [3.05, 3.63) is 42.5 Å². The van der Waals surface area contributed by atoms with Gasteiger partial charge in [0.1, 0.15) is 5.82 Å². The summed E-state index contributed by atoms with van der Waals surface area (Å²) < 4.78 is 7.25.